The first-order chi connectivity index (χ1) is 9.15. The molecule has 2 unspecified atom stereocenters. The van der Waals surface area contributed by atoms with Crippen LogP contribution in [0.1, 0.15) is 38.8 Å². The molecule has 19 heavy (non-hydrogen) atoms. The predicted molar refractivity (Wildman–Crippen MR) is 76.0 cm³/mol. The molecular formula is C14H21N5. The smallest absolute Gasteiger partial charge is 0.166 e. The minimum absolute atomic E-state index is 0.537. The zero-order valence-corrected chi connectivity index (χ0v) is 11.8. The SMILES string of the molecule is Cc1cc2c(NN3C(C)CCCC3C)nccn2n1. The number of aromatic nitrogens is 3. The Hall–Kier alpha value is -1.62. The van der Waals surface area contributed by atoms with Crippen molar-refractivity contribution in [2.24, 2.45) is 0 Å². The lowest BCUT2D eigenvalue weighted by Crippen LogP contribution is -2.47. The number of nitrogens with one attached hydrogen (secondary N) is 1. The summed E-state index contributed by atoms with van der Waals surface area (Å²) in [7, 11) is 0. The number of fused-ring (bicyclic) bond motifs is 1. The van der Waals surface area contributed by atoms with E-state index in [0.29, 0.717) is 12.1 Å². The third-order valence-corrected chi connectivity index (χ3v) is 3.94. The number of nitrogens with zero attached hydrogens (tertiary/aromatic N) is 4. The molecule has 0 bridgehead atoms. The average molecular weight is 259 g/mol. The Balaban J connectivity index is 1.92. The van der Waals surface area contributed by atoms with Gasteiger partial charge in [0.1, 0.15) is 5.52 Å². The highest BCUT2D eigenvalue weighted by molar-refractivity contribution is 5.67. The van der Waals surface area contributed by atoms with E-state index in [1.807, 2.05) is 17.6 Å². The first-order valence-electron chi connectivity index (χ1n) is 7.01. The third-order valence-electron chi connectivity index (χ3n) is 3.94. The van der Waals surface area contributed by atoms with Crippen molar-refractivity contribution in [1.29, 1.82) is 0 Å². The Morgan fingerprint density at radius 1 is 1.26 bits per heavy atom. The van der Waals surface area contributed by atoms with Crippen LogP contribution in [0.4, 0.5) is 5.82 Å². The number of hydrazine groups is 1. The lowest BCUT2D eigenvalue weighted by molar-refractivity contribution is 0.135. The van der Waals surface area contributed by atoms with Crippen molar-refractivity contribution in [3.05, 3.63) is 24.2 Å². The molecule has 1 N–H and O–H groups in total. The maximum absolute atomic E-state index is 4.47. The van der Waals surface area contributed by atoms with Crippen LogP contribution < -0.4 is 5.43 Å². The zero-order chi connectivity index (χ0) is 13.4. The van der Waals surface area contributed by atoms with Gasteiger partial charge in [-0.1, -0.05) is 6.42 Å². The van der Waals surface area contributed by atoms with Crippen LogP contribution in [0, 0.1) is 6.92 Å². The van der Waals surface area contributed by atoms with Crippen LogP contribution in [0.5, 0.6) is 0 Å². The van der Waals surface area contributed by atoms with Gasteiger partial charge >= 0.3 is 0 Å². The molecule has 2 aromatic rings. The van der Waals surface area contributed by atoms with Crippen molar-refractivity contribution in [2.45, 2.75) is 52.1 Å². The van der Waals surface area contributed by atoms with Crippen LogP contribution in [0.3, 0.4) is 0 Å². The summed E-state index contributed by atoms with van der Waals surface area (Å²) in [6.07, 6.45) is 7.46. The van der Waals surface area contributed by atoms with E-state index in [4.69, 9.17) is 0 Å². The second-order valence-corrected chi connectivity index (χ2v) is 5.54. The second kappa shape index (κ2) is 4.81. The summed E-state index contributed by atoms with van der Waals surface area (Å²) in [5.74, 6) is 0.892. The fourth-order valence-electron chi connectivity index (χ4n) is 2.89. The van der Waals surface area contributed by atoms with Gasteiger partial charge in [0.05, 0.1) is 5.69 Å². The predicted octanol–water partition coefficient (Wildman–Crippen LogP) is 2.63. The van der Waals surface area contributed by atoms with Crippen molar-refractivity contribution in [3.63, 3.8) is 0 Å². The molecule has 0 aromatic carbocycles. The van der Waals surface area contributed by atoms with Crippen LogP contribution in [-0.2, 0) is 0 Å². The highest BCUT2D eigenvalue weighted by Gasteiger charge is 2.25. The zero-order valence-electron chi connectivity index (χ0n) is 11.8. The molecule has 1 fully saturated rings. The number of anilines is 1. The van der Waals surface area contributed by atoms with Crippen molar-refractivity contribution in [2.75, 3.05) is 5.43 Å². The fourth-order valence-corrected chi connectivity index (χ4v) is 2.89. The molecule has 5 nitrogen and oxygen atoms in total. The van der Waals surface area contributed by atoms with Crippen molar-refractivity contribution < 1.29 is 0 Å². The molecule has 3 rings (SSSR count). The number of rotatable bonds is 2. The van der Waals surface area contributed by atoms with E-state index >= 15 is 0 Å². The lowest BCUT2D eigenvalue weighted by Gasteiger charge is -2.39. The summed E-state index contributed by atoms with van der Waals surface area (Å²) in [6, 6.07) is 3.14. The molecule has 0 amide bonds. The number of hydrogen-bond donors (Lipinski definition) is 1. The average Bonchev–Trinajstić information content (AvgIpc) is 2.75. The van der Waals surface area contributed by atoms with Gasteiger partial charge in [0, 0.05) is 24.5 Å². The molecule has 2 aromatic heterocycles. The fraction of sp³-hybridized carbons (Fsp3) is 0.571. The Labute approximate surface area is 113 Å². The van der Waals surface area contributed by atoms with E-state index in [-0.39, 0.29) is 0 Å². The largest absolute Gasteiger partial charge is 0.301 e. The van der Waals surface area contributed by atoms with Crippen molar-refractivity contribution in [1.82, 2.24) is 19.6 Å². The molecule has 0 aliphatic carbocycles. The van der Waals surface area contributed by atoms with Crippen LogP contribution in [-0.4, -0.2) is 31.7 Å². The summed E-state index contributed by atoms with van der Waals surface area (Å²) in [6.45, 7) is 6.54. The van der Waals surface area contributed by atoms with Gasteiger partial charge in [-0.25, -0.2) is 14.5 Å². The van der Waals surface area contributed by atoms with Gasteiger partial charge in [-0.05, 0) is 39.7 Å². The first kappa shape index (κ1) is 12.4. The van der Waals surface area contributed by atoms with Gasteiger partial charge in [0.25, 0.3) is 0 Å². The topological polar surface area (TPSA) is 45.5 Å². The molecule has 1 aliphatic rings. The van der Waals surface area contributed by atoms with Crippen molar-refractivity contribution in [3.8, 4) is 0 Å². The lowest BCUT2D eigenvalue weighted by atomic mass is 10.00. The summed E-state index contributed by atoms with van der Waals surface area (Å²) in [5, 5.41) is 6.75. The van der Waals surface area contributed by atoms with E-state index in [0.717, 1.165) is 17.0 Å². The monoisotopic (exact) mass is 259 g/mol. The molecule has 0 radical (unpaired) electrons. The molecule has 3 heterocycles. The summed E-state index contributed by atoms with van der Waals surface area (Å²) in [4.78, 5) is 4.47. The molecule has 2 atom stereocenters. The standard InChI is InChI=1S/C14H21N5/c1-10-9-13-14(15-7-8-18(13)16-10)17-19-11(2)5-4-6-12(19)3/h7-9,11-12H,4-6H2,1-3H3,(H,15,17). The van der Waals surface area contributed by atoms with Crippen molar-refractivity contribution >= 4 is 11.3 Å². The molecule has 5 heteroatoms. The van der Waals surface area contributed by atoms with Crippen LogP contribution >= 0.6 is 0 Å². The Morgan fingerprint density at radius 3 is 2.74 bits per heavy atom. The van der Waals surface area contributed by atoms with Gasteiger partial charge in [-0.3, -0.25) is 0 Å². The summed E-state index contributed by atoms with van der Waals surface area (Å²) in [5.41, 5.74) is 5.54. The summed E-state index contributed by atoms with van der Waals surface area (Å²) < 4.78 is 1.88. The Kier molecular flexibility index (Phi) is 3.14. The van der Waals surface area contributed by atoms with Gasteiger partial charge < -0.3 is 5.43 Å². The maximum atomic E-state index is 4.47. The minimum Gasteiger partial charge on any atom is -0.301 e. The van der Waals surface area contributed by atoms with Gasteiger partial charge in [-0.15, -0.1) is 0 Å². The van der Waals surface area contributed by atoms with Gasteiger partial charge in [0.2, 0.25) is 0 Å². The molecule has 0 saturated carbocycles. The molecule has 102 valence electrons. The Bertz CT molecular complexity index is 566. The van der Waals surface area contributed by atoms with E-state index in [1.54, 1.807) is 6.20 Å². The number of aryl methyl sites for hydroxylation is 1. The molecule has 1 aliphatic heterocycles. The first-order valence-corrected chi connectivity index (χ1v) is 7.01. The minimum atomic E-state index is 0.537. The second-order valence-electron chi connectivity index (χ2n) is 5.54. The maximum Gasteiger partial charge on any atom is 0.166 e. The highest BCUT2D eigenvalue weighted by atomic mass is 15.5. The van der Waals surface area contributed by atoms with E-state index < -0.39 is 0 Å². The van der Waals surface area contributed by atoms with E-state index in [2.05, 4.69) is 40.4 Å². The van der Waals surface area contributed by atoms with Gasteiger partial charge in [0.15, 0.2) is 5.82 Å². The molecule has 0 spiro atoms. The quantitative estimate of drug-likeness (QED) is 0.900. The Morgan fingerprint density at radius 2 is 2.00 bits per heavy atom. The number of hydrogen-bond acceptors (Lipinski definition) is 4. The van der Waals surface area contributed by atoms with Crippen LogP contribution in [0.15, 0.2) is 18.5 Å². The molecular weight excluding hydrogens is 238 g/mol. The van der Waals surface area contributed by atoms with Crippen LogP contribution in [0.2, 0.25) is 0 Å². The van der Waals surface area contributed by atoms with E-state index in [9.17, 15) is 0 Å². The van der Waals surface area contributed by atoms with Crippen LogP contribution in [0.25, 0.3) is 5.52 Å². The summed E-state index contributed by atoms with van der Waals surface area (Å²) >= 11 is 0. The molecule has 1 saturated heterocycles. The highest BCUT2D eigenvalue weighted by Crippen LogP contribution is 2.24. The van der Waals surface area contributed by atoms with E-state index in [1.165, 1.54) is 19.3 Å². The number of piperidine rings is 1. The normalized spacial score (nSPS) is 24.8. The van der Waals surface area contributed by atoms with Gasteiger partial charge in [-0.2, -0.15) is 5.10 Å². The third kappa shape index (κ3) is 2.30.